The summed E-state index contributed by atoms with van der Waals surface area (Å²) in [5.41, 5.74) is 6.22. The van der Waals surface area contributed by atoms with Gasteiger partial charge in [0.2, 0.25) is 5.88 Å². The number of primary amides is 1. The Bertz CT molecular complexity index is 1100. The number of benzene rings is 1. The van der Waals surface area contributed by atoms with Crippen molar-refractivity contribution >= 4 is 26.6 Å². The molecule has 0 aliphatic rings. The summed E-state index contributed by atoms with van der Waals surface area (Å²) in [7, 11) is -3.33. The molecule has 0 saturated carbocycles. The Morgan fingerprint density at radius 1 is 1.22 bits per heavy atom. The standard InChI is InChI=1S/C18H19N3O5S/c1-10(2)25-15-8-12(6-11-7-14(18(19)22)21-17(11)15)26-16-5-4-13(9-20-16)27(3,23)24/h4-10,21H,1-3H3,(H2,19,22). The van der Waals surface area contributed by atoms with E-state index in [1.807, 2.05) is 13.8 Å². The van der Waals surface area contributed by atoms with Crippen LogP contribution < -0.4 is 15.2 Å². The van der Waals surface area contributed by atoms with E-state index in [-0.39, 0.29) is 22.6 Å². The number of hydrogen-bond acceptors (Lipinski definition) is 6. The molecule has 3 aromatic rings. The third-order valence-corrected chi connectivity index (χ3v) is 4.75. The molecule has 3 N–H and O–H groups in total. The summed E-state index contributed by atoms with van der Waals surface area (Å²) >= 11 is 0. The van der Waals surface area contributed by atoms with E-state index in [0.717, 1.165) is 6.26 Å². The molecule has 9 heteroatoms. The molecule has 142 valence electrons. The molecule has 0 radical (unpaired) electrons. The lowest BCUT2D eigenvalue weighted by molar-refractivity contribution is 0.0996. The first-order valence-electron chi connectivity index (χ1n) is 8.10. The molecule has 0 atom stereocenters. The molecular formula is C18H19N3O5S. The number of pyridine rings is 1. The molecule has 1 aromatic carbocycles. The van der Waals surface area contributed by atoms with Crippen LogP contribution in [0.2, 0.25) is 0 Å². The molecule has 2 heterocycles. The quantitative estimate of drug-likeness (QED) is 0.668. The first-order valence-corrected chi connectivity index (χ1v) is 10.00. The summed E-state index contributed by atoms with van der Waals surface area (Å²) < 4.78 is 34.6. The fraction of sp³-hybridized carbons (Fsp3) is 0.222. The molecule has 3 rings (SSSR count). The normalized spacial score (nSPS) is 11.7. The minimum absolute atomic E-state index is 0.101. The van der Waals surface area contributed by atoms with Crippen LogP contribution in [0.3, 0.4) is 0 Å². The van der Waals surface area contributed by atoms with Gasteiger partial charge in [-0.3, -0.25) is 4.79 Å². The van der Waals surface area contributed by atoms with Crippen molar-refractivity contribution in [1.82, 2.24) is 9.97 Å². The van der Waals surface area contributed by atoms with E-state index in [1.165, 1.54) is 18.3 Å². The van der Waals surface area contributed by atoms with Crippen LogP contribution in [0.4, 0.5) is 0 Å². The fourth-order valence-electron chi connectivity index (χ4n) is 2.49. The molecule has 1 amide bonds. The number of nitrogens with zero attached hydrogens (tertiary/aromatic N) is 1. The van der Waals surface area contributed by atoms with Crippen LogP contribution in [0.1, 0.15) is 24.3 Å². The summed E-state index contributed by atoms with van der Waals surface area (Å²) in [6, 6.07) is 7.87. The molecule has 0 aliphatic heterocycles. The van der Waals surface area contributed by atoms with E-state index in [9.17, 15) is 13.2 Å². The third-order valence-electron chi connectivity index (χ3n) is 3.65. The number of ether oxygens (including phenoxy) is 2. The molecule has 0 saturated heterocycles. The van der Waals surface area contributed by atoms with Gasteiger partial charge in [-0.2, -0.15) is 0 Å². The summed E-state index contributed by atoms with van der Waals surface area (Å²) in [6.07, 6.45) is 2.24. The second kappa shape index (κ2) is 6.92. The van der Waals surface area contributed by atoms with Crippen LogP contribution in [-0.4, -0.2) is 36.7 Å². The van der Waals surface area contributed by atoms with Crippen molar-refractivity contribution in [1.29, 1.82) is 0 Å². The average molecular weight is 389 g/mol. The minimum atomic E-state index is -3.33. The number of carbonyl (C=O) groups excluding carboxylic acids is 1. The Hall–Kier alpha value is -3.07. The topological polar surface area (TPSA) is 124 Å². The highest BCUT2D eigenvalue weighted by molar-refractivity contribution is 7.90. The molecule has 0 aliphatic carbocycles. The zero-order valence-electron chi connectivity index (χ0n) is 15.0. The van der Waals surface area contributed by atoms with Crippen molar-refractivity contribution in [3.63, 3.8) is 0 Å². The van der Waals surface area contributed by atoms with Gasteiger partial charge in [0, 0.05) is 30.0 Å². The zero-order chi connectivity index (χ0) is 19.8. The van der Waals surface area contributed by atoms with E-state index in [1.54, 1.807) is 18.2 Å². The Balaban J connectivity index is 1.99. The lowest BCUT2D eigenvalue weighted by Crippen LogP contribution is -2.11. The number of fused-ring (bicyclic) bond motifs is 1. The second-order valence-electron chi connectivity index (χ2n) is 6.31. The van der Waals surface area contributed by atoms with Gasteiger partial charge in [0.25, 0.3) is 5.91 Å². The highest BCUT2D eigenvalue weighted by atomic mass is 32.2. The van der Waals surface area contributed by atoms with Crippen LogP contribution in [-0.2, 0) is 9.84 Å². The van der Waals surface area contributed by atoms with Crippen molar-refractivity contribution in [3.8, 4) is 17.4 Å². The SMILES string of the molecule is CC(C)Oc1cc(Oc2ccc(S(C)(=O)=O)cn2)cc2cc(C(N)=O)[nH]c12. The predicted molar refractivity (Wildman–Crippen MR) is 100 cm³/mol. The number of H-pyrrole nitrogens is 1. The zero-order valence-corrected chi connectivity index (χ0v) is 15.8. The summed E-state index contributed by atoms with van der Waals surface area (Å²) in [5, 5.41) is 0.685. The van der Waals surface area contributed by atoms with Gasteiger partial charge in [-0.1, -0.05) is 0 Å². The lowest BCUT2D eigenvalue weighted by atomic mass is 10.2. The first kappa shape index (κ1) is 18.7. The van der Waals surface area contributed by atoms with Crippen LogP contribution in [0.5, 0.6) is 17.4 Å². The highest BCUT2D eigenvalue weighted by Gasteiger charge is 2.14. The van der Waals surface area contributed by atoms with Gasteiger partial charge in [-0.25, -0.2) is 13.4 Å². The van der Waals surface area contributed by atoms with Gasteiger partial charge < -0.3 is 20.2 Å². The fourth-order valence-corrected chi connectivity index (χ4v) is 3.05. The molecule has 27 heavy (non-hydrogen) atoms. The molecule has 2 aromatic heterocycles. The Morgan fingerprint density at radius 3 is 2.52 bits per heavy atom. The predicted octanol–water partition coefficient (Wildman–Crippen LogP) is 2.64. The van der Waals surface area contributed by atoms with Gasteiger partial charge in [0.15, 0.2) is 9.84 Å². The molecule has 0 bridgehead atoms. The third kappa shape index (κ3) is 4.20. The number of aromatic nitrogens is 2. The van der Waals surface area contributed by atoms with Gasteiger partial charge >= 0.3 is 0 Å². The summed E-state index contributed by atoms with van der Waals surface area (Å²) in [5.74, 6) is 0.565. The minimum Gasteiger partial charge on any atom is -0.489 e. The maximum Gasteiger partial charge on any atom is 0.265 e. The maximum absolute atomic E-state index is 11.5. The molecule has 0 unspecified atom stereocenters. The number of nitrogens with two attached hydrogens (primary N) is 1. The monoisotopic (exact) mass is 389 g/mol. The van der Waals surface area contributed by atoms with Crippen molar-refractivity contribution in [2.24, 2.45) is 5.73 Å². The largest absolute Gasteiger partial charge is 0.489 e. The number of sulfone groups is 1. The van der Waals surface area contributed by atoms with Crippen LogP contribution >= 0.6 is 0 Å². The van der Waals surface area contributed by atoms with E-state index < -0.39 is 15.7 Å². The average Bonchev–Trinajstić information content (AvgIpc) is 2.99. The molecular weight excluding hydrogens is 370 g/mol. The maximum atomic E-state index is 11.5. The van der Waals surface area contributed by atoms with Crippen molar-refractivity contribution in [2.75, 3.05) is 6.26 Å². The smallest absolute Gasteiger partial charge is 0.265 e. The van der Waals surface area contributed by atoms with Crippen molar-refractivity contribution < 1.29 is 22.7 Å². The Morgan fingerprint density at radius 2 is 1.96 bits per heavy atom. The van der Waals surface area contributed by atoms with Crippen LogP contribution in [0, 0.1) is 0 Å². The van der Waals surface area contributed by atoms with Crippen LogP contribution in [0.15, 0.2) is 41.4 Å². The second-order valence-corrected chi connectivity index (χ2v) is 8.32. The highest BCUT2D eigenvalue weighted by Crippen LogP contribution is 2.34. The summed E-state index contributed by atoms with van der Waals surface area (Å²) in [6.45, 7) is 3.76. The number of rotatable bonds is 6. The van der Waals surface area contributed by atoms with E-state index in [2.05, 4.69) is 9.97 Å². The van der Waals surface area contributed by atoms with Crippen molar-refractivity contribution in [2.45, 2.75) is 24.8 Å². The number of nitrogens with one attached hydrogen (secondary N) is 1. The van der Waals surface area contributed by atoms with E-state index in [4.69, 9.17) is 15.2 Å². The van der Waals surface area contributed by atoms with Gasteiger partial charge in [-0.15, -0.1) is 0 Å². The molecule has 8 nitrogen and oxygen atoms in total. The van der Waals surface area contributed by atoms with Gasteiger partial charge in [0.1, 0.15) is 17.2 Å². The summed E-state index contributed by atoms with van der Waals surface area (Å²) in [4.78, 5) is 18.5. The molecule has 0 spiro atoms. The number of hydrogen-bond donors (Lipinski definition) is 2. The van der Waals surface area contributed by atoms with Crippen LogP contribution in [0.25, 0.3) is 10.9 Å². The first-order chi connectivity index (χ1) is 12.6. The number of aromatic amines is 1. The molecule has 0 fully saturated rings. The lowest BCUT2D eigenvalue weighted by Gasteiger charge is -2.13. The van der Waals surface area contributed by atoms with Crippen molar-refractivity contribution in [3.05, 3.63) is 42.2 Å². The van der Waals surface area contributed by atoms with Gasteiger partial charge in [0.05, 0.1) is 16.5 Å². The number of carbonyl (C=O) groups is 1. The number of amides is 1. The Kier molecular flexibility index (Phi) is 4.79. The van der Waals surface area contributed by atoms with E-state index >= 15 is 0 Å². The van der Waals surface area contributed by atoms with Gasteiger partial charge in [-0.05, 0) is 32.0 Å². The van der Waals surface area contributed by atoms with E-state index in [0.29, 0.717) is 22.4 Å². The Labute approximate surface area is 156 Å².